The van der Waals surface area contributed by atoms with Gasteiger partial charge >= 0.3 is 0 Å². The monoisotopic (exact) mass is 199 g/mol. The van der Waals surface area contributed by atoms with Gasteiger partial charge in [0.25, 0.3) is 0 Å². The van der Waals surface area contributed by atoms with Crippen molar-refractivity contribution in [3.05, 3.63) is 47.0 Å². The van der Waals surface area contributed by atoms with E-state index in [0.717, 1.165) is 6.42 Å². The van der Waals surface area contributed by atoms with Crippen molar-refractivity contribution < 1.29 is 0 Å². The molecule has 1 nitrogen and oxygen atoms in total. The zero-order valence-electron chi connectivity index (χ0n) is 9.38. The molecule has 0 unspecified atom stereocenters. The van der Waals surface area contributed by atoms with E-state index >= 15 is 0 Å². The molecule has 0 heterocycles. The van der Waals surface area contributed by atoms with Crippen LogP contribution in [-0.2, 0) is 13.0 Å². The summed E-state index contributed by atoms with van der Waals surface area (Å²) < 4.78 is 0. The van der Waals surface area contributed by atoms with Crippen LogP contribution in [0.5, 0.6) is 0 Å². The van der Waals surface area contributed by atoms with Crippen LogP contribution >= 0.6 is 0 Å². The molecular formula is C14H17N. The minimum absolute atomic E-state index is 0.623. The van der Waals surface area contributed by atoms with Gasteiger partial charge in [0.1, 0.15) is 0 Å². The van der Waals surface area contributed by atoms with Gasteiger partial charge < -0.3 is 5.73 Å². The average molecular weight is 199 g/mol. The molecule has 0 bridgehead atoms. The van der Waals surface area contributed by atoms with Gasteiger partial charge in [0.2, 0.25) is 0 Å². The molecule has 15 heavy (non-hydrogen) atoms. The smallest absolute Gasteiger partial charge is 0.0180 e. The van der Waals surface area contributed by atoms with Crippen molar-refractivity contribution in [2.75, 3.05) is 0 Å². The van der Waals surface area contributed by atoms with Crippen molar-refractivity contribution in [1.82, 2.24) is 0 Å². The first kappa shape index (κ1) is 10.2. The Balaban J connectivity index is 2.74. The van der Waals surface area contributed by atoms with E-state index in [1.165, 1.54) is 27.5 Å². The third-order valence-corrected chi connectivity index (χ3v) is 3.03. The quantitative estimate of drug-likeness (QED) is 0.790. The Kier molecular flexibility index (Phi) is 2.74. The summed E-state index contributed by atoms with van der Waals surface area (Å²) in [6.07, 6.45) is 1.08. The number of benzene rings is 2. The molecule has 0 radical (unpaired) electrons. The van der Waals surface area contributed by atoms with E-state index in [0.29, 0.717) is 6.54 Å². The van der Waals surface area contributed by atoms with Crippen LogP contribution in [-0.4, -0.2) is 0 Å². The Hall–Kier alpha value is -1.34. The summed E-state index contributed by atoms with van der Waals surface area (Å²) in [5.74, 6) is 0. The largest absolute Gasteiger partial charge is 0.326 e. The standard InChI is InChI=1S/C14H17N/c1-3-11-5-4-6-12-8-13(9-15)10(2)7-14(11)12/h4-8H,3,9,15H2,1-2H3. The predicted octanol–water partition coefficient (Wildman–Crippen LogP) is 3.17. The van der Waals surface area contributed by atoms with Crippen LogP contribution in [0.25, 0.3) is 10.8 Å². The molecule has 0 atom stereocenters. The second-order valence-corrected chi connectivity index (χ2v) is 3.97. The fraction of sp³-hybridized carbons (Fsp3) is 0.286. The van der Waals surface area contributed by atoms with Crippen molar-refractivity contribution in [2.24, 2.45) is 5.73 Å². The molecule has 2 aromatic rings. The highest BCUT2D eigenvalue weighted by Gasteiger charge is 2.02. The number of fused-ring (bicyclic) bond motifs is 1. The molecule has 2 aromatic carbocycles. The van der Waals surface area contributed by atoms with E-state index in [-0.39, 0.29) is 0 Å². The van der Waals surface area contributed by atoms with Gasteiger partial charge in [-0.05, 0) is 46.9 Å². The summed E-state index contributed by atoms with van der Waals surface area (Å²) in [5.41, 5.74) is 9.67. The molecule has 2 rings (SSSR count). The van der Waals surface area contributed by atoms with Crippen LogP contribution < -0.4 is 5.73 Å². The highest BCUT2D eigenvalue weighted by Crippen LogP contribution is 2.23. The lowest BCUT2D eigenvalue weighted by Crippen LogP contribution is -1.99. The first-order valence-electron chi connectivity index (χ1n) is 5.47. The van der Waals surface area contributed by atoms with Crippen LogP contribution in [0.1, 0.15) is 23.6 Å². The Morgan fingerprint density at radius 2 is 1.93 bits per heavy atom. The summed E-state index contributed by atoms with van der Waals surface area (Å²) in [5, 5.41) is 2.68. The fourth-order valence-electron chi connectivity index (χ4n) is 2.07. The van der Waals surface area contributed by atoms with Crippen LogP contribution in [0.4, 0.5) is 0 Å². The minimum Gasteiger partial charge on any atom is -0.326 e. The highest BCUT2D eigenvalue weighted by atomic mass is 14.5. The Morgan fingerprint density at radius 3 is 2.60 bits per heavy atom. The van der Waals surface area contributed by atoms with Crippen molar-refractivity contribution in [3.63, 3.8) is 0 Å². The van der Waals surface area contributed by atoms with Gasteiger partial charge in [-0.3, -0.25) is 0 Å². The first-order chi connectivity index (χ1) is 7.26. The lowest BCUT2D eigenvalue weighted by Gasteiger charge is -2.09. The molecule has 1 heteroatoms. The average Bonchev–Trinajstić information content (AvgIpc) is 2.27. The normalized spacial score (nSPS) is 10.9. The summed E-state index contributed by atoms with van der Waals surface area (Å²) in [7, 11) is 0. The second kappa shape index (κ2) is 4.03. The van der Waals surface area contributed by atoms with Crippen LogP contribution in [0.2, 0.25) is 0 Å². The molecule has 2 N–H and O–H groups in total. The first-order valence-corrected chi connectivity index (χ1v) is 5.47. The second-order valence-electron chi connectivity index (χ2n) is 3.97. The van der Waals surface area contributed by atoms with E-state index in [1.807, 2.05) is 0 Å². The Bertz CT molecular complexity index is 486. The zero-order valence-corrected chi connectivity index (χ0v) is 9.38. The van der Waals surface area contributed by atoms with Gasteiger partial charge in [-0.25, -0.2) is 0 Å². The number of aryl methyl sites for hydroxylation is 2. The summed E-state index contributed by atoms with van der Waals surface area (Å²) in [6, 6.07) is 11.0. The maximum atomic E-state index is 5.71. The minimum atomic E-state index is 0.623. The molecule has 0 saturated carbocycles. The van der Waals surface area contributed by atoms with E-state index in [4.69, 9.17) is 5.73 Å². The predicted molar refractivity (Wildman–Crippen MR) is 66.0 cm³/mol. The Labute approximate surface area is 90.9 Å². The highest BCUT2D eigenvalue weighted by molar-refractivity contribution is 5.87. The maximum Gasteiger partial charge on any atom is 0.0180 e. The van der Waals surface area contributed by atoms with Crippen LogP contribution in [0.3, 0.4) is 0 Å². The van der Waals surface area contributed by atoms with E-state index in [1.54, 1.807) is 0 Å². The molecule has 78 valence electrons. The van der Waals surface area contributed by atoms with Crippen molar-refractivity contribution in [2.45, 2.75) is 26.8 Å². The van der Waals surface area contributed by atoms with Crippen molar-refractivity contribution in [1.29, 1.82) is 0 Å². The van der Waals surface area contributed by atoms with Crippen molar-refractivity contribution >= 4 is 10.8 Å². The summed E-state index contributed by atoms with van der Waals surface area (Å²) in [4.78, 5) is 0. The van der Waals surface area contributed by atoms with Gasteiger partial charge in [-0.15, -0.1) is 0 Å². The molecule has 0 aromatic heterocycles. The molecule has 0 spiro atoms. The van der Waals surface area contributed by atoms with E-state index in [9.17, 15) is 0 Å². The molecule has 0 aliphatic rings. The molecule has 0 fully saturated rings. The molecule has 0 saturated heterocycles. The summed E-state index contributed by atoms with van der Waals surface area (Å²) in [6.45, 7) is 4.95. The molecule has 0 amide bonds. The van der Waals surface area contributed by atoms with E-state index < -0.39 is 0 Å². The third kappa shape index (κ3) is 1.75. The summed E-state index contributed by atoms with van der Waals surface area (Å²) >= 11 is 0. The molecular weight excluding hydrogens is 182 g/mol. The zero-order chi connectivity index (χ0) is 10.8. The number of rotatable bonds is 2. The SMILES string of the molecule is CCc1cccc2cc(CN)c(C)cc12. The fourth-order valence-corrected chi connectivity index (χ4v) is 2.07. The number of nitrogens with two attached hydrogens (primary N) is 1. The maximum absolute atomic E-state index is 5.71. The lowest BCUT2D eigenvalue weighted by molar-refractivity contribution is 1.05. The molecule has 0 aliphatic heterocycles. The Morgan fingerprint density at radius 1 is 1.13 bits per heavy atom. The van der Waals surface area contributed by atoms with Gasteiger partial charge in [0.05, 0.1) is 0 Å². The van der Waals surface area contributed by atoms with Gasteiger partial charge in [-0.1, -0.05) is 31.2 Å². The van der Waals surface area contributed by atoms with Crippen molar-refractivity contribution in [3.8, 4) is 0 Å². The topological polar surface area (TPSA) is 26.0 Å². The molecule has 0 aliphatic carbocycles. The third-order valence-electron chi connectivity index (χ3n) is 3.03. The van der Waals surface area contributed by atoms with Gasteiger partial charge in [-0.2, -0.15) is 0 Å². The van der Waals surface area contributed by atoms with Crippen LogP contribution in [0.15, 0.2) is 30.3 Å². The van der Waals surface area contributed by atoms with Gasteiger partial charge in [0, 0.05) is 6.54 Å². The van der Waals surface area contributed by atoms with Gasteiger partial charge in [0.15, 0.2) is 0 Å². The van der Waals surface area contributed by atoms with E-state index in [2.05, 4.69) is 44.2 Å². The lowest BCUT2D eigenvalue weighted by atomic mass is 9.97. The number of hydrogen-bond donors (Lipinski definition) is 1. The number of hydrogen-bond acceptors (Lipinski definition) is 1. The van der Waals surface area contributed by atoms with Crippen LogP contribution in [0, 0.1) is 6.92 Å².